The number of hydrogen-bond acceptors (Lipinski definition) is 4. The molecule has 0 aliphatic carbocycles. The van der Waals surface area contributed by atoms with E-state index in [1.807, 2.05) is 49.3 Å². The van der Waals surface area contributed by atoms with Crippen LogP contribution in [0.1, 0.15) is 6.42 Å². The third kappa shape index (κ3) is 3.87. The van der Waals surface area contributed by atoms with Crippen LogP contribution in [0.15, 0.2) is 30.3 Å². The molecule has 0 N–H and O–H groups in total. The standard InChI is InChI=1S/C18H25N3O3/c1-19(2)8-9-20-11-14(10-17(20)22)18(23)21-12-16(13-21)24-15-6-4-3-5-7-15/h3-7,14,16H,8-13H2,1-2H3/t14-/m1/s1. The molecule has 1 atom stereocenters. The molecule has 0 spiro atoms. The number of benzene rings is 1. The van der Waals surface area contributed by atoms with Gasteiger partial charge in [0.25, 0.3) is 0 Å². The summed E-state index contributed by atoms with van der Waals surface area (Å²) in [6, 6.07) is 9.65. The Balaban J connectivity index is 1.44. The summed E-state index contributed by atoms with van der Waals surface area (Å²) >= 11 is 0. The maximum atomic E-state index is 12.5. The zero-order valence-corrected chi connectivity index (χ0v) is 14.4. The summed E-state index contributed by atoms with van der Waals surface area (Å²) in [5.74, 6) is 0.814. The van der Waals surface area contributed by atoms with Crippen LogP contribution in [0, 0.1) is 5.92 Å². The number of likely N-dealkylation sites (tertiary alicyclic amines) is 2. The lowest BCUT2D eigenvalue weighted by Gasteiger charge is -2.40. The van der Waals surface area contributed by atoms with Gasteiger partial charge >= 0.3 is 0 Å². The third-order valence-electron chi connectivity index (χ3n) is 4.59. The fraction of sp³-hybridized carbons (Fsp3) is 0.556. The highest BCUT2D eigenvalue weighted by molar-refractivity contribution is 5.89. The van der Waals surface area contributed by atoms with Crippen molar-refractivity contribution in [3.63, 3.8) is 0 Å². The number of ether oxygens (including phenoxy) is 1. The van der Waals surface area contributed by atoms with Crippen molar-refractivity contribution in [2.24, 2.45) is 5.92 Å². The van der Waals surface area contributed by atoms with Crippen molar-refractivity contribution in [1.29, 1.82) is 0 Å². The third-order valence-corrected chi connectivity index (χ3v) is 4.59. The molecule has 0 radical (unpaired) electrons. The number of para-hydroxylation sites is 1. The van der Waals surface area contributed by atoms with E-state index >= 15 is 0 Å². The number of amides is 2. The maximum Gasteiger partial charge on any atom is 0.228 e. The number of hydrogen-bond donors (Lipinski definition) is 0. The number of likely N-dealkylation sites (N-methyl/N-ethyl adjacent to an activating group) is 1. The van der Waals surface area contributed by atoms with E-state index in [1.54, 1.807) is 9.80 Å². The van der Waals surface area contributed by atoms with Crippen molar-refractivity contribution >= 4 is 11.8 Å². The second-order valence-electron chi connectivity index (χ2n) is 6.84. The predicted octanol–water partition coefficient (Wildman–Crippen LogP) is 0.686. The number of carbonyl (C=O) groups excluding carboxylic acids is 2. The fourth-order valence-corrected chi connectivity index (χ4v) is 3.12. The first-order valence-corrected chi connectivity index (χ1v) is 8.46. The number of nitrogens with zero attached hydrogens (tertiary/aromatic N) is 3. The van der Waals surface area contributed by atoms with Crippen LogP contribution in [0.5, 0.6) is 5.75 Å². The molecule has 0 unspecified atom stereocenters. The van der Waals surface area contributed by atoms with Gasteiger partial charge in [-0.2, -0.15) is 0 Å². The average molecular weight is 331 g/mol. The molecule has 2 aliphatic rings. The van der Waals surface area contributed by atoms with Crippen molar-refractivity contribution in [2.75, 3.05) is 46.8 Å². The van der Waals surface area contributed by atoms with Crippen LogP contribution >= 0.6 is 0 Å². The Hall–Kier alpha value is -2.08. The van der Waals surface area contributed by atoms with Gasteiger partial charge in [-0.05, 0) is 26.2 Å². The molecule has 1 aromatic carbocycles. The van der Waals surface area contributed by atoms with E-state index in [4.69, 9.17) is 4.74 Å². The minimum absolute atomic E-state index is 0.0540. The van der Waals surface area contributed by atoms with E-state index < -0.39 is 0 Å². The topological polar surface area (TPSA) is 53.1 Å². The molecule has 130 valence electrons. The molecule has 0 saturated carbocycles. The molecular formula is C18H25N3O3. The molecule has 3 rings (SSSR count). The van der Waals surface area contributed by atoms with E-state index in [1.165, 1.54) is 0 Å². The van der Waals surface area contributed by atoms with Gasteiger partial charge in [-0.25, -0.2) is 0 Å². The van der Waals surface area contributed by atoms with Gasteiger partial charge in [0.2, 0.25) is 11.8 Å². The second kappa shape index (κ2) is 7.21. The predicted molar refractivity (Wildman–Crippen MR) is 90.7 cm³/mol. The van der Waals surface area contributed by atoms with Crippen LogP contribution in [-0.4, -0.2) is 79.4 Å². The molecule has 1 aromatic rings. The number of rotatable bonds is 6. The Morgan fingerprint density at radius 3 is 2.58 bits per heavy atom. The highest BCUT2D eigenvalue weighted by Crippen LogP contribution is 2.24. The molecule has 6 heteroatoms. The molecule has 24 heavy (non-hydrogen) atoms. The summed E-state index contributed by atoms with van der Waals surface area (Å²) in [5.41, 5.74) is 0. The molecule has 2 heterocycles. The number of carbonyl (C=O) groups is 2. The molecule has 2 fully saturated rings. The monoisotopic (exact) mass is 331 g/mol. The van der Waals surface area contributed by atoms with E-state index in [0.717, 1.165) is 12.3 Å². The van der Waals surface area contributed by atoms with Crippen molar-refractivity contribution in [3.05, 3.63) is 30.3 Å². The van der Waals surface area contributed by atoms with Gasteiger partial charge in [-0.15, -0.1) is 0 Å². The van der Waals surface area contributed by atoms with Crippen LogP contribution < -0.4 is 4.74 Å². The summed E-state index contributed by atoms with van der Waals surface area (Å²) in [6.07, 6.45) is 0.394. The quantitative estimate of drug-likeness (QED) is 0.769. The summed E-state index contributed by atoms with van der Waals surface area (Å²) in [7, 11) is 3.96. The first kappa shape index (κ1) is 16.8. The Morgan fingerprint density at radius 2 is 1.92 bits per heavy atom. The minimum Gasteiger partial charge on any atom is -0.487 e. The Bertz CT molecular complexity index is 584. The molecule has 2 amide bonds. The summed E-state index contributed by atoms with van der Waals surface area (Å²) in [5, 5.41) is 0. The van der Waals surface area contributed by atoms with Gasteiger partial charge in [0.05, 0.1) is 19.0 Å². The molecular weight excluding hydrogens is 306 g/mol. The van der Waals surface area contributed by atoms with Gasteiger partial charge in [0.1, 0.15) is 11.9 Å². The molecule has 0 bridgehead atoms. The fourth-order valence-electron chi connectivity index (χ4n) is 3.12. The zero-order valence-electron chi connectivity index (χ0n) is 14.4. The van der Waals surface area contributed by atoms with Gasteiger partial charge in [0.15, 0.2) is 0 Å². The Kier molecular flexibility index (Phi) is 5.04. The van der Waals surface area contributed by atoms with E-state index in [-0.39, 0.29) is 23.8 Å². The molecule has 2 aliphatic heterocycles. The van der Waals surface area contributed by atoms with E-state index in [9.17, 15) is 9.59 Å². The van der Waals surface area contributed by atoms with Crippen LogP contribution in [-0.2, 0) is 9.59 Å². The van der Waals surface area contributed by atoms with Gasteiger partial charge in [-0.1, -0.05) is 18.2 Å². The molecule has 2 saturated heterocycles. The van der Waals surface area contributed by atoms with Gasteiger partial charge in [0, 0.05) is 26.1 Å². The maximum absolute atomic E-state index is 12.5. The lowest BCUT2D eigenvalue weighted by Crippen LogP contribution is -2.57. The van der Waals surface area contributed by atoms with Crippen molar-refractivity contribution in [3.8, 4) is 5.75 Å². The second-order valence-corrected chi connectivity index (χ2v) is 6.84. The average Bonchev–Trinajstić information content (AvgIpc) is 2.90. The molecule has 6 nitrogen and oxygen atoms in total. The highest BCUT2D eigenvalue weighted by atomic mass is 16.5. The highest BCUT2D eigenvalue weighted by Gasteiger charge is 2.40. The van der Waals surface area contributed by atoms with E-state index in [0.29, 0.717) is 32.6 Å². The van der Waals surface area contributed by atoms with E-state index in [2.05, 4.69) is 0 Å². The Morgan fingerprint density at radius 1 is 1.21 bits per heavy atom. The normalized spacial score (nSPS) is 21.3. The first-order valence-electron chi connectivity index (χ1n) is 8.46. The lowest BCUT2D eigenvalue weighted by molar-refractivity contribution is -0.144. The summed E-state index contributed by atoms with van der Waals surface area (Å²) in [6.45, 7) is 3.27. The van der Waals surface area contributed by atoms with Gasteiger partial charge < -0.3 is 19.4 Å². The van der Waals surface area contributed by atoms with Crippen molar-refractivity contribution < 1.29 is 14.3 Å². The SMILES string of the molecule is CN(C)CCN1C[C@H](C(=O)N2CC(Oc3ccccc3)C2)CC1=O. The van der Waals surface area contributed by atoms with Crippen LogP contribution in [0.4, 0.5) is 0 Å². The largest absolute Gasteiger partial charge is 0.487 e. The minimum atomic E-state index is -0.197. The summed E-state index contributed by atoms with van der Waals surface area (Å²) in [4.78, 5) is 30.2. The van der Waals surface area contributed by atoms with Crippen LogP contribution in [0.3, 0.4) is 0 Å². The molecule has 0 aromatic heterocycles. The van der Waals surface area contributed by atoms with Crippen molar-refractivity contribution in [1.82, 2.24) is 14.7 Å². The van der Waals surface area contributed by atoms with Crippen molar-refractivity contribution in [2.45, 2.75) is 12.5 Å². The van der Waals surface area contributed by atoms with Gasteiger partial charge in [-0.3, -0.25) is 9.59 Å². The summed E-state index contributed by atoms with van der Waals surface area (Å²) < 4.78 is 5.82. The lowest BCUT2D eigenvalue weighted by atomic mass is 10.0. The Labute approximate surface area is 143 Å². The first-order chi connectivity index (χ1) is 11.5. The smallest absolute Gasteiger partial charge is 0.228 e. The van der Waals surface area contributed by atoms with Crippen LogP contribution in [0.2, 0.25) is 0 Å². The zero-order chi connectivity index (χ0) is 17.1. The van der Waals surface area contributed by atoms with Crippen LogP contribution in [0.25, 0.3) is 0 Å².